The van der Waals surface area contributed by atoms with Crippen molar-refractivity contribution in [2.45, 2.75) is 32.9 Å². The standard InChI is InChI=1S/C12H15NO3S/c1-4-15-12(14)10-11(16-8(3)13-10)9-6-5-7(2)17-9/h5-6,10-11H,4H2,1-3H3. The highest BCUT2D eigenvalue weighted by molar-refractivity contribution is 7.12. The van der Waals surface area contributed by atoms with Crippen molar-refractivity contribution in [1.29, 1.82) is 0 Å². The highest BCUT2D eigenvalue weighted by atomic mass is 32.1. The van der Waals surface area contributed by atoms with Crippen molar-refractivity contribution < 1.29 is 14.3 Å². The molecular weight excluding hydrogens is 238 g/mol. The van der Waals surface area contributed by atoms with Gasteiger partial charge in [-0.1, -0.05) is 0 Å². The lowest BCUT2D eigenvalue weighted by molar-refractivity contribution is -0.146. The van der Waals surface area contributed by atoms with Crippen LogP contribution in [0.3, 0.4) is 0 Å². The predicted molar refractivity (Wildman–Crippen MR) is 66.4 cm³/mol. The van der Waals surface area contributed by atoms with Gasteiger partial charge in [0.15, 0.2) is 18.0 Å². The maximum absolute atomic E-state index is 11.8. The van der Waals surface area contributed by atoms with Crippen molar-refractivity contribution in [2.24, 2.45) is 4.99 Å². The molecule has 1 aliphatic heterocycles. The van der Waals surface area contributed by atoms with E-state index in [9.17, 15) is 4.79 Å². The first-order chi connectivity index (χ1) is 8.11. The number of rotatable bonds is 3. The second kappa shape index (κ2) is 4.87. The van der Waals surface area contributed by atoms with Crippen LogP contribution in [0.15, 0.2) is 17.1 Å². The molecule has 92 valence electrons. The minimum atomic E-state index is -0.562. The molecule has 0 radical (unpaired) electrons. The van der Waals surface area contributed by atoms with Gasteiger partial charge in [0.05, 0.1) is 6.61 Å². The number of aryl methyl sites for hydroxylation is 1. The molecular formula is C12H15NO3S. The van der Waals surface area contributed by atoms with Crippen molar-refractivity contribution in [2.75, 3.05) is 6.61 Å². The van der Waals surface area contributed by atoms with E-state index in [-0.39, 0.29) is 12.1 Å². The summed E-state index contributed by atoms with van der Waals surface area (Å²) < 4.78 is 10.6. The molecule has 0 bridgehead atoms. The number of ether oxygens (including phenoxy) is 2. The molecule has 1 aromatic heterocycles. The fourth-order valence-electron chi connectivity index (χ4n) is 1.77. The summed E-state index contributed by atoms with van der Waals surface area (Å²) in [6.07, 6.45) is -0.326. The molecule has 0 N–H and O–H groups in total. The van der Waals surface area contributed by atoms with Crippen molar-refractivity contribution in [3.05, 3.63) is 21.9 Å². The Labute approximate surface area is 104 Å². The first-order valence-corrected chi connectivity index (χ1v) is 6.37. The van der Waals surface area contributed by atoms with Crippen molar-refractivity contribution in [3.8, 4) is 0 Å². The number of hydrogen-bond donors (Lipinski definition) is 0. The van der Waals surface area contributed by atoms with E-state index < -0.39 is 6.04 Å². The topological polar surface area (TPSA) is 47.9 Å². The lowest BCUT2D eigenvalue weighted by Crippen LogP contribution is -2.25. The fraction of sp³-hybridized carbons (Fsp3) is 0.500. The van der Waals surface area contributed by atoms with E-state index in [2.05, 4.69) is 4.99 Å². The van der Waals surface area contributed by atoms with Gasteiger partial charge in [-0.05, 0) is 26.0 Å². The molecule has 0 aliphatic carbocycles. The second-order valence-electron chi connectivity index (χ2n) is 3.83. The summed E-state index contributed by atoms with van der Waals surface area (Å²) in [6.45, 7) is 5.93. The Bertz CT molecular complexity index is 452. The molecule has 2 rings (SSSR count). The molecule has 0 saturated heterocycles. The first kappa shape index (κ1) is 12.1. The molecule has 0 saturated carbocycles. The first-order valence-electron chi connectivity index (χ1n) is 5.56. The van der Waals surface area contributed by atoms with Gasteiger partial charge in [-0.25, -0.2) is 9.79 Å². The van der Waals surface area contributed by atoms with E-state index >= 15 is 0 Å². The SMILES string of the molecule is CCOC(=O)C1N=C(C)OC1c1ccc(C)s1. The molecule has 2 heterocycles. The predicted octanol–water partition coefficient (Wildman–Crippen LogP) is 2.48. The zero-order chi connectivity index (χ0) is 12.4. The van der Waals surface area contributed by atoms with Crippen molar-refractivity contribution in [1.82, 2.24) is 0 Å². The van der Waals surface area contributed by atoms with Gasteiger partial charge in [0.1, 0.15) is 0 Å². The lowest BCUT2D eigenvalue weighted by Gasteiger charge is -2.14. The maximum Gasteiger partial charge on any atom is 0.335 e. The number of nitrogens with zero attached hydrogens (tertiary/aromatic N) is 1. The average Bonchev–Trinajstić information content (AvgIpc) is 2.84. The minimum absolute atomic E-state index is 0.319. The summed E-state index contributed by atoms with van der Waals surface area (Å²) in [5.74, 6) is 0.222. The summed E-state index contributed by atoms with van der Waals surface area (Å²) in [4.78, 5) is 18.2. The quantitative estimate of drug-likeness (QED) is 0.777. The maximum atomic E-state index is 11.8. The van der Waals surface area contributed by atoms with Crippen molar-refractivity contribution in [3.63, 3.8) is 0 Å². The molecule has 0 fully saturated rings. The van der Waals surface area contributed by atoms with Gasteiger partial charge < -0.3 is 9.47 Å². The molecule has 1 aromatic rings. The Morgan fingerprint density at radius 2 is 2.29 bits per heavy atom. The highest BCUT2D eigenvalue weighted by Crippen LogP contribution is 2.34. The van der Waals surface area contributed by atoms with E-state index in [0.717, 1.165) is 4.88 Å². The molecule has 0 aromatic carbocycles. The number of aliphatic imine (C=N–C) groups is 1. The Kier molecular flexibility index (Phi) is 3.47. The van der Waals surface area contributed by atoms with Crippen LogP contribution in [0.4, 0.5) is 0 Å². The van der Waals surface area contributed by atoms with Crippen LogP contribution in [-0.4, -0.2) is 24.5 Å². The Hall–Kier alpha value is -1.36. The normalized spacial score (nSPS) is 23.1. The zero-order valence-electron chi connectivity index (χ0n) is 10.1. The van der Waals surface area contributed by atoms with Gasteiger partial charge in [-0.3, -0.25) is 0 Å². The second-order valence-corrected chi connectivity index (χ2v) is 5.15. The van der Waals surface area contributed by atoms with Crippen LogP contribution in [0.2, 0.25) is 0 Å². The van der Waals surface area contributed by atoms with Crippen LogP contribution in [0.5, 0.6) is 0 Å². The summed E-state index contributed by atoms with van der Waals surface area (Å²) >= 11 is 1.62. The van der Waals surface area contributed by atoms with Crippen LogP contribution >= 0.6 is 11.3 Å². The molecule has 2 atom stereocenters. The van der Waals surface area contributed by atoms with E-state index in [1.165, 1.54) is 4.88 Å². The molecule has 0 amide bonds. The summed E-state index contributed by atoms with van der Waals surface area (Å²) in [5, 5.41) is 0. The van der Waals surface area contributed by atoms with Crippen LogP contribution < -0.4 is 0 Å². The van der Waals surface area contributed by atoms with Gasteiger partial charge in [0, 0.05) is 16.7 Å². The molecule has 2 unspecified atom stereocenters. The Morgan fingerprint density at radius 3 is 2.88 bits per heavy atom. The van der Waals surface area contributed by atoms with Crippen LogP contribution in [0.25, 0.3) is 0 Å². The van der Waals surface area contributed by atoms with E-state index in [1.54, 1.807) is 25.2 Å². The van der Waals surface area contributed by atoms with Crippen molar-refractivity contribution >= 4 is 23.2 Å². The third kappa shape index (κ3) is 2.49. The molecule has 5 heteroatoms. The third-order valence-corrected chi connectivity index (χ3v) is 3.54. The van der Waals surface area contributed by atoms with Crippen LogP contribution in [0, 0.1) is 6.92 Å². The Morgan fingerprint density at radius 1 is 1.53 bits per heavy atom. The Balaban J connectivity index is 2.20. The van der Waals surface area contributed by atoms with E-state index in [1.807, 2.05) is 19.1 Å². The molecule has 1 aliphatic rings. The number of carbonyl (C=O) groups is 1. The minimum Gasteiger partial charge on any atom is -0.469 e. The zero-order valence-corrected chi connectivity index (χ0v) is 10.9. The summed E-state index contributed by atoms with van der Waals surface area (Å²) in [6, 6.07) is 3.43. The fourth-order valence-corrected chi connectivity index (χ4v) is 2.70. The molecule has 17 heavy (non-hydrogen) atoms. The largest absolute Gasteiger partial charge is 0.469 e. The number of thiophene rings is 1. The number of esters is 1. The summed E-state index contributed by atoms with van der Waals surface area (Å²) in [5.41, 5.74) is 0. The smallest absolute Gasteiger partial charge is 0.335 e. The van der Waals surface area contributed by atoms with Crippen LogP contribution in [0.1, 0.15) is 29.7 Å². The number of hydrogen-bond acceptors (Lipinski definition) is 5. The van der Waals surface area contributed by atoms with E-state index in [0.29, 0.717) is 12.5 Å². The monoisotopic (exact) mass is 253 g/mol. The van der Waals surface area contributed by atoms with Crippen LogP contribution in [-0.2, 0) is 14.3 Å². The van der Waals surface area contributed by atoms with Gasteiger partial charge >= 0.3 is 5.97 Å². The number of carbonyl (C=O) groups excluding carboxylic acids is 1. The molecule has 0 spiro atoms. The summed E-state index contributed by atoms with van der Waals surface area (Å²) in [7, 11) is 0. The molecule has 4 nitrogen and oxygen atoms in total. The van der Waals surface area contributed by atoms with Gasteiger partial charge in [-0.15, -0.1) is 11.3 Å². The van der Waals surface area contributed by atoms with Gasteiger partial charge in [-0.2, -0.15) is 0 Å². The highest BCUT2D eigenvalue weighted by Gasteiger charge is 2.38. The third-order valence-electron chi connectivity index (χ3n) is 2.47. The average molecular weight is 253 g/mol. The lowest BCUT2D eigenvalue weighted by atomic mass is 10.1. The van der Waals surface area contributed by atoms with E-state index in [4.69, 9.17) is 9.47 Å². The van der Waals surface area contributed by atoms with Gasteiger partial charge in [0.2, 0.25) is 0 Å². The van der Waals surface area contributed by atoms with Gasteiger partial charge in [0.25, 0.3) is 0 Å².